The van der Waals surface area contributed by atoms with Gasteiger partial charge in [-0.2, -0.15) is 0 Å². The summed E-state index contributed by atoms with van der Waals surface area (Å²) in [4.78, 5) is 35.8. The second-order valence-electron chi connectivity index (χ2n) is 12.1. The number of ether oxygens (including phenoxy) is 1. The van der Waals surface area contributed by atoms with Crippen LogP contribution in [-0.4, -0.2) is 110 Å². The molecule has 0 radical (unpaired) electrons. The van der Waals surface area contributed by atoms with Crippen LogP contribution in [0.2, 0.25) is 0 Å². The van der Waals surface area contributed by atoms with E-state index >= 15 is 0 Å². The van der Waals surface area contributed by atoms with E-state index in [9.17, 15) is 24.6 Å². The van der Waals surface area contributed by atoms with Crippen molar-refractivity contribution in [1.29, 1.82) is 10.8 Å². The number of methoxy groups -OCH3 is 1. The number of nitrogens with zero attached hydrogens (tertiary/aromatic N) is 3. The van der Waals surface area contributed by atoms with Crippen molar-refractivity contribution in [2.75, 3.05) is 59.0 Å². The highest BCUT2D eigenvalue weighted by molar-refractivity contribution is 6.23. The highest BCUT2D eigenvalue weighted by Gasteiger charge is 2.22. The van der Waals surface area contributed by atoms with E-state index in [-0.39, 0.29) is 34.7 Å². The monoisotopic (exact) mass is 736 g/mol. The summed E-state index contributed by atoms with van der Waals surface area (Å²) < 4.78 is 4.25. The van der Waals surface area contributed by atoms with E-state index < -0.39 is 0 Å². The number of hydrogen-bond acceptors (Lipinski definition) is 11. The van der Waals surface area contributed by atoms with Gasteiger partial charge in [0, 0.05) is 90.9 Å². The number of anilines is 1. The molecule has 0 spiro atoms. The number of nitrogens with one attached hydrogen (secondary N) is 3. The molecule has 13 heteroatoms. The molecule has 1 fully saturated rings. The van der Waals surface area contributed by atoms with E-state index in [0.29, 0.717) is 29.6 Å². The summed E-state index contributed by atoms with van der Waals surface area (Å²) in [5.41, 5.74) is 4.58. The molecule has 1 amide bonds. The van der Waals surface area contributed by atoms with Gasteiger partial charge in [0.05, 0.1) is 5.56 Å². The number of carbonyl (C=O) groups excluding carboxylic acids is 3. The van der Waals surface area contributed by atoms with Gasteiger partial charge in [-0.1, -0.05) is 51.1 Å². The number of rotatable bonds is 11. The van der Waals surface area contributed by atoms with Crippen molar-refractivity contribution >= 4 is 36.3 Å². The first kappa shape index (κ1) is 48.0. The summed E-state index contributed by atoms with van der Waals surface area (Å²) in [7, 11) is 4.25. The second kappa shape index (κ2) is 27.7. The van der Waals surface area contributed by atoms with Crippen LogP contribution in [0.25, 0.3) is 0 Å². The van der Waals surface area contributed by atoms with Gasteiger partial charge < -0.3 is 30.2 Å². The van der Waals surface area contributed by atoms with Crippen LogP contribution in [0, 0.1) is 10.8 Å². The van der Waals surface area contributed by atoms with Gasteiger partial charge in [-0.05, 0) is 60.7 Å². The molecule has 4 rings (SSSR count). The van der Waals surface area contributed by atoms with Crippen molar-refractivity contribution in [3.8, 4) is 11.5 Å². The van der Waals surface area contributed by atoms with E-state index in [1.165, 1.54) is 11.0 Å². The molecule has 0 aromatic heterocycles. The summed E-state index contributed by atoms with van der Waals surface area (Å²) in [5.74, 6) is -0.0538. The van der Waals surface area contributed by atoms with Gasteiger partial charge in [-0.15, -0.1) is 0 Å². The molecular weight excluding hydrogens is 676 g/mol. The Labute approximate surface area is 315 Å². The fourth-order valence-electron chi connectivity index (χ4n) is 5.08. The molecule has 0 bridgehead atoms. The Morgan fingerprint density at radius 3 is 1.81 bits per heavy atom. The molecule has 13 nitrogen and oxygen atoms in total. The minimum atomic E-state index is -0.194. The molecule has 0 atom stereocenters. The third-order valence-corrected chi connectivity index (χ3v) is 7.59. The number of hydrogen-bond donors (Lipinski definition) is 6. The number of amides is 1. The Morgan fingerprint density at radius 2 is 1.40 bits per heavy atom. The molecule has 292 valence electrons. The number of carbonyl (C=O) groups is 3. The molecule has 0 unspecified atom stereocenters. The van der Waals surface area contributed by atoms with Crippen LogP contribution >= 0.6 is 0 Å². The summed E-state index contributed by atoms with van der Waals surface area (Å²) in [5, 5.41) is 47.2. The van der Waals surface area contributed by atoms with E-state index in [1.54, 1.807) is 27.2 Å². The minimum absolute atomic E-state index is 0.00513. The lowest BCUT2D eigenvalue weighted by atomic mass is 9.98. The predicted octanol–water partition coefficient (Wildman–Crippen LogP) is 5.40. The Balaban J connectivity index is 0.00000167. The molecule has 1 aliphatic rings. The Bertz CT molecular complexity index is 1520. The van der Waals surface area contributed by atoms with Gasteiger partial charge >= 0.3 is 0 Å². The average molecular weight is 737 g/mol. The first-order valence-electron chi connectivity index (χ1n) is 17.4. The van der Waals surface area contributed by atoms with Gasteiger partial charge in [-0.25, -0.2) is 0 Å². The molecule has 1 heterocycles. The Morgan fingerprint density at radius 1 is 0.868 bits per heavy atom. The summed E-state index contributed by atoms with van der Waals surface area (Å²) in [6, 6.07) is 18.5. The molecule has 1 saturated heterocycles. The molecule has 53 heavy (non-hydrogen) atoms. The number of phenolic OH excluding ortho intramolecular Hbond substituents is 2. The van der Waals surface area contributed by atoms with Crippen LogP contribution in [0.1, 0.15) is 79.6 Å². The Kier molecular flexibility index (Phi) is 25.1. The lowest BCUT2D eigenvalue weighted by Crippen LogP contribution is -2.45. The first-order chi connectivity index (χ1) is 25.4. The van der Waals surface area contributed by atoms with Crippen LogP contribution in [-0.2, 0) is 27.4 Å². The standard InChI is InChI=1S/C31H37N5O3.C3H7NO.C3H6O.C2H6O.CH4O/c1-21(2)27-16-28(30(39)17-29(27)38)31(33)36(22(3)32)26-9-7-23(8-10-26)18-34-11-13-35(14-12-34)19-24-5-4-6-25(15-24)20-37;1-2-4-3-5;1-2-3-4;1-3-2;1-2/h4-10,15-17,20-21,32-33,38-39H,11-14,18-19H2,1-3H3;3H,2H2,1H3,(H,4,5);3H,2H2,1H3;1-2H3;2H,1H3. The highest BCUT2D eigenvalue weighted by atomic mass is 16.4. The molecule has 1 aliphatic heterocycles. The van der Waals surface area contributed by atoms with Crippen molar-refractivity contribution in [2.24, 2.45) is 0 Å². The van der Waals surface area contributed by atoms with Crippen LogP contribution in [0.4, 0.5) is 5.69 Å². The zero-order valence-corrected chi connectivity index (χ0v) is 32.6. The topological polar surface area (TPSA) is 191 Å². The lowest BCUT2D eigenvalue weighted by molar-refractivity contribution is -0.109. The van der Waals surface area contributed by atoms with E-state index in [2.05, 4.69) is 25.9 Å². The van der Waals surface area contributed by atoms with E-state index in [0.717, 1.165) is 76.6 Å². The average Bonchev–Trinajstić information content (AvgIpc) is 3.15. The number of aromatic hydroxyl groups is 2. The molecule has 0 saturated carbocycles. The fourth-order valence-corrected chi connectivity index (χ4v) is 5.08. The van der Waals surface area contributed by atoms with Gasteiger partial charge in [0.2, 0.25) is 6.41 Å². The zero-order valence-electron chi connectivity index (χ0n) is 32.6. The van der Waals surface area contributed by atoms with Crippen molar-refractivity contribution in [1.82, 2.24) is 15.1 Å². The minimum Gasteiger partial charge on any atom is -0.508 e. The van der Waals surface area contributed by atoms with Crippen LogP contribution < -0.4 is 10.2 Å². The maximum Gasteiger partial charge on any atom is 0.207 e. The van der Waals surface area contributed by atoms with Crippen LogP contribution in [0.5, 0.6) is 11.5 Å². The molecule has 6 N–H and O–H groups in total. The molecule has 0 aliphatic carbocycles. The number of piperazine rings is 1. The van der Waals surface area contributed by atoms with E-state index in [4.69, 9.17) is 15.9 Å². The summed E-state index contributed by atoms with van der Waals surface area (Å²) >= 11 is 0. The van der Waals surface area contributed by atoms with Crippen molar-refractivity contribution < 1.29 is 34.4 Å². The van der Waals surface area contributed by atoms with Crippen LogP contribution in [0.15, 0.2) is 60.7 Å². The van der Waals surface area contributed by atoms with E-state index in [1.807, 2.05) is 70.2 Å². The van der Waals surface area contributed by atoms with Crippen molar-refractivity contribution in [3.63, 3.8) is 0 Å². The Hall–Kier alpha value is -4.95. The smallest absolute Gasteiger partial charge is 0.207 e. The predicted molar refractivity (Wildman–Crippen MR) is 213 cm³/mol. The summed E-state index contributed by atoms with van der Waals surface area (Å²) in [6.45, 7) is 15.3. The summed E-state index contributed by atoms with van der Waals surface area (Å²) in [6.07, 6.45) is 3.08. The fraction of sp³-hybridized carbons (Fsp3) is 0.425. The first-order valence-corrected chi connectivity index (χ1v) is 17.4. The number of benzene rings is 3. The highest BCUT2D eigenvalue weighted by Crippen LogP contribution is 2.33. The number of aliphatic hydroxyl groups is 1. The zero-order chi connectivity index (χ0) is 40.3. The quantitative estimate of drug-likeness (QED) is 0.0845. The van der Waals surface area contributed by atoms with Gasteiger partial charge in [0.1, 0.15) is 35.7 Å². The number of amidine groups is 2. The third-order valence-electron chi connectivity index (χ3n) is 7.59. The molecular formula is C40H60N6O7. The van der Waals surface area contributed by atoms with Crippen molar-refractivity contribution in [3.05, 3.63) is 88.5 Å². The second-order valence-corrected chi connectivity index (χ2v) is 12.1. The number of aldehydes is 2. The normalized spacial score (nSPS) is 12.1. The van der Waals surface area contributed by atoms with Gasteiger partial charge in [0.25, 0.3) is 0 Å². The maximum absolute atomic E-state index is 11.1. The number of aliphatic hydroxyl groups excluding tert-OH is 1. The maximum atomic E-state index is 11.1. The van der Waals surface area contributed by atoms with Crippen LogP contribution in [0.3, 0.4) is 0 Å². The van der Waals surface area contributed by atoms with Gasteiger partial charge in [0.15, 0.2) is 0 Å². The number of phenols is 2. The van der Waals surface area contributed by atoms with Crippen molar-refractivity contribution in [2.45, 2.75) is 60.0 Å². The van der Waals surface area contributed by atoms with Gasteiger partial charge in [-0.3, -0.25) is 35.1 Å². The largest absolute Gasteiger partial charge is 0.508 e. The molecule has 3 aromatic rings. The lowest BCUT2D eigenvalue weighted by Gasteiger charge is -2.35. The third kappa shape index (κ3) is 17.4. The molecule has 3 aromatic carbocycles. The SMILES string of the molecule is CC(=N)N(C(=N)c1cc(C(C)C)c(O)cc1O)c1ccc(CN2CCN(Cc3cccc(C=O)c3)CC2)cc1.CCC=O.CCNC=O.CO.COC.